The molecule has 2 unspecified atom stereocenters. The summed E-state index contributed by atoms with van der Waals surface area (Å²) in [4.78, 5) is 11.6. The fourth-order valence-corrected chi connectivity index (χ4v) is 3.05. The Hall–Kier alpha value is -1.90. The van der Waals surface area contributed by atoms with Crippen LogP contribution in [0.4, 0.5) is 0 Å². The van der Waals surface area contributed by atoms with Gasteiger partial charge in [0.25, 0.3) is 0 Å². The zero-order chi connectivity index (χ0) is 13.6. The van der Waals surface area contributed by atoms with Gasteiger partial charge in [0.2, 0.25) is 0 Å². The van der Waals surface area contributed by atoms with E-state index in [9.17, 15) is 0 Å². The van der Waals surface area contributed by atoms with Crippen molar-refractivity contribution in [1.29, 1.82) is 0 Å². The highest BCUT2D eigenvalue weighted by Crippen LogP contribution is 2.43. The summed E-state index contributed by atoms with van der Waals surface area (Å²) in [7, 11) is 2.09. The summed E-state index contributed by atoms with van der Waals surface area (Å²) in [6, 6.07) is 5.96. The number of amidine groups is 1. The second-order valence-corrected chi connectivity index (χ2v) is 5.54. The summed E-state index contributed by atoms with van der Waals surface area (Å²) in [5.41, 5.74) is 3.36. The van der Waals surface area contributed by atoms with Gasteiger partial charge in [0.1, 0.15) is 11.2 Å². The maximum Gasteiger partial charge on any atom is 0.154 e. The molecule has 3 rings (SSSR count). The summed E-state index contributed by atoms with van der Waals surface area (Å²) < 4.78 is 0. The van der Waals surface area contributed by atoms with Crippen molar-refractivity contribution in [3.8, 4) is 0 Å². The monoisotopic (exact) mass is 253 g/mol. The minimum absolute atomic E-state index is 0.166. The molecule has 3 heteroatoms. The Bertz CT molecular complexity index is 598. The minimum atomic E-state index is -0.166. The molecule has 3 nitrogen and oxygen atoms in total. The smallest absolute Gasteiger partial charge is 0.154 e. The molecule has 1 aromatic rings. The van der Waals surface area contributed by atoms with Crippen LogP contribution >= 0.6 is 0 Å². The molecule has 19 heavy (non-hydrogen) atoms. The fourth-order valence-electron chi connectivity index (χ4n) is 3.05. The van der Waals surface area contributed by atoms with Gasteiger partial charge in [0.15, 0.2) is 5.84 Å². The van der Waals surface area contributed by atoms with Crippen molar-refractivity contribution >= 4 is 5.84 Å². The molecular weight excluding hydrogens is 234 g/mol. The maximum atomic E-state index is 5.00. The van der Waals surface area contributed by atoms with Gasteiger partial charge in [-0.3, -0.25) is 9.98 Å². The van der Waals surface area contributed by atoms with Crippen LogP contribution in [0.25, 0.3) is 0 Å². The van der Waals surface area contributed by atoms with Gasteiger partial charge in [-0.25, -0.2) is 0 Å². The first-order chi connectivity index (χ1) is 9.04. The largest absolute Gasteiger partial charge is 0.329 e. The highest BCUT2D eigenvalue weighted by molar-refractivity contribution is 6.00. The van der Waals surface area contributed by atoms with Crippen LogP contribution in [0.2, 0.25) is 0 Å². The van der Waals surface area contributed by atoms with Crippen molar-refractivity contribution in [3.63, 3.8) is 0 Å². The second kappa shape index (κ2) is 4.05. The quantitative estimate of drug-likeness (QED) is 0.769. The maximum absolute atomic E-state index is 5.00. The van der Waals surface area contributed by atoms with Crippen LogP contribution in [-0.2, 0) is 0 Å². The van der Waals surface area contributed by atoms with Crippen LogP contribution in [-0.4, -0.2) is 28.3 Å². The number of fused-ring (bicyclic) bond motifs is 1. The Morgan fingerprint density at radius 1 is 1.32 bits per heavy atom. The number of nitrogens with zero attached hydrogens (tertiary/aromatic N) is 3. The van der Waals surface area contributed by atoms with Crippen molar-refractivity contribution in [2.24, 2.45) is 10.9 Å². The molecule has 2 aliphatic rings. The highest BCUT2D eigenvalue weighted by Gasteiger charge is 2.45. The van der Waals surface area contributed by atoms with E-state index in [-0.39, 0.29) is 5.54 Å². The Morgan fingerprint density at radius 3 is 2.74 bits per heavy atom. The number of pyridine rings is 1. The lowest BCUT2D eigenvalue weighted by Crippen LogP contribution is -2.36. The highest BCUT2D eigenvalue weighted by atomic mass is 15.3. The predicted octanol–water partition coefficient (Wildman–Crippen LogP) is 3.01. The Kier molecular flexibility index (Phi) is 2.59. The molecule has 0 saturated heterocycles. The molecule has 2 heterocycles. The van der Waals surface area contributed by atoms with Crippen molar-refractivity contribution in [2.45, 2.75) is 26.3 Å². The van der Waals surface area contributed by atoms with E-state index in [0.717, 1.165) is 11.5 Å². The van der Waals surface area contributed by atoms with Crippen molar-refractivity contribution < 1.29 is 0 Å². The molecular formula is C16H19N3. The van der Waals surface area contributed by atoms with Crippen molar-refractivity contribution in [3.05, 3.63) is 53.5 Å². The van der Waals surface area contributed by atoms with Crippen LogP contribution in [0, 0.1) is 5.92 Å². The Morgan fingerprint density at radius 2 is 2.11 bits per heavy atom. The molecule has 0 amide bonds. The second-order valence-electron chi connectivity index (χ2n) is 5.54. The van der Waals surface area contributed by atoms with E-state index in [2.05, 4.69) is 49.9 Å². The number of likely N-dealkylation sites (N-methyl/N-ethyl adjacent to an activating group) is 1. The zero-order valence-electron chi connectivity index (χ0n) is 11.9. The van der Waals surface area contributed by atoms with Gasteiger partial charge in [-0.05, 0) is 31.6 Å². The van der Waals surface area contributed by atoms with E-state index in [4.69, 9.17) is 4.99 Å². The molecule has 0 radical (unpaired) electrons. The van der Waals surface area contributed by atoms with Gasteiger partial charge in [-0.2, -0.15) is 0 Å². The van der Waals surface area contributed by atoms with Crippen LogP contribution < -0.4 is 0 Å². The number of aliphatic imine (C=N–C) groups is 1. The number of hydrogen-bond acceptors (Lipinski definition) is 3. The molecule has 0 N–H and O–H groups in total. The average Bonchev–Trinajstić information content (AvgIpc) is 2.69. The number of allylic oxidation sites excluding steroid dienone is 2. The lowest BCUT2D eigenvalue weighted by atomic mass is 9.79. The van der Waals surface area contributed by atoms with Gasteiger partial charge in [0.05, 0.1) is 5.70 Å². The molecule has 0 spiro atoms. The first-order valence-electron chi connectivity index (χ1n) is 6.68. The number of hydrogen-bond donors (Lipinski definition) is 0. The first kappa shape index (κ1) is 12.2. The van der Waals surface area contributed by atoms with Gasteiger partial charge in [-0.1, -0.05) is 25.1 Å². The summed E-state index contributed by atoms with van der Waals surface area (Å²) in [5.74, 6) is 1.36. The third-order valence-corrected chi connectivity index (χ3v) is 4.26. The number of aromatic nitrogens is 1. The van der Waals surface area contributed by atoms with E-state index >= 15 is 0 Å². The van der Waals surface area contributed by atoms with Crippen LogP contribution in [0.3, 0.4) is 0 Å². The summed E-state index contributed by atoms with van der Waals surface area (Å²) in [6.07, 6.45) is 6.27. The summed E-state index contributed by atoms with van der Waals surface area (Å²) in [5, 5.41) is 0. The van der Waals surface area contributed by atoms with Crippen LogP contribution in [0.15, 0.2) is 52.8 Å². The number of rotatable bonds is 1. The van der Waals surface area contributed by atoms with Crippen LogP contribution in [0.1, 0.15) is 26.5 Å². The molecule has 0 bridgehead atoms. The van der Waals surface area contributed by atoms with Gasteiger partial charge in [0, 0.05) is 19.2 Å². The van der Waals surface area contributed by atoms with E-state index in [0.29, 0.717) is 5.92 Å². The molecule has 0 aromatic carbocycles. The summed E-state index contributed by atoms with van der Waals surface area (Å²) in [6.45, 7) is 6.59. The lowest BCUT2D eigenvalue weighted by molar-refractivity contribution is 0.396. The van der Waals surface area contributed by atoms with Gasteiger partial charge < -0.3 is 4.90 Å². The van der Waals surface area contributed by atoms with Crippen molar-refractivity contribution in [2.75, 3.05) is 7.05 Å². The van der Waals surface area contributed by atoms with Crippen molar-refractivity contribution in [1.82, 2.24) is 9.88 Å². The van der Waals surface area contributed by atoms with E-state index < -0.39 is 0 Å². The minimum Gasteiger partial charge on any atom is -0.329 e. The SMILES string of the molecule is CC1=C2N(C)C(c3ccccn3)=NC2(C)C(C)C=C1. The first-order valence-corrected chi connectivity index (χ1v) is 6.68. The van der Waals surface area contributed by atoms with E-state index in [1.807, 2.05) is 24.4 Å². The van der Waals surface area contributed by atoms with E-state index in [1.54, 1.807) is 0 Å². The third-order valence-electron chi connectivity index (χ3n) is 4.26. The molecule has 0 fully saturated rings. The topological polar surface area (TPSA) is 28.5 Å². The molecule has 0 saturated carbocycles. The summed E-state index contributed by atoms with van der Waals surface area (Å²) >= 11 is 0. The lowest BCUT2D eigenvalue weighted by Gasteiger charge is -2.34. The average molecular weight is 253 g/mol. The van der Waals surface area contributed by atoms with Crippen LogP contribution in [0.5, 0.6) is 0 Å². The predicted molar refractivity (Wildman–Crippen MR) is 77.9 cm³/mol. The van der Waals surface area contributed by atoms with Gasteiger partial charge in [-0.15, -0.1) is 0 Å². The standard InChI is InChI=1S/C16H19N3/c1-11-8-9-12(2)16(3)14(11)19(4)15(18-16)13-7-5-6-10-17-13/h5-10,12H,1-4H3. The molecule has 1 aliphatic carbocycles. The molecule has 2 atom stereocenters. The zero-order valence-corrected chi connectivity index (χ0v) is 11.9. The third kappa shape index (κ3) is 1.65. The molecule has 98 valence electrons. The Balaban J connectivity index is 2.15. The van der Waals surface area contributed by atoms with E-state index in [1.165, 1.54) is 11.3 Å². The Labute approximate surface area is 114 Å². The normalized spacial score (nSPS) is 29.6. The molecule has 1 aliphatic heterocycles. The molecule has 1 aromatic heterocycles. The van der Waals surface area contributed by atoms with Gasteiger partial charge >= 0.3 is 0 Å². The fraction of sp³-hybridized carbons (Fsp3) is 0.375.